The Labute approximate surface area is 194 Å². The predicted octanol–water partition coefficient (Wildman–Crippen LogP) is 2.78. The van der Waals surface area contributed by atoms with Gasteiger partial charge in [0, 0.05) is 21.1 Å². The van der Waals surface area contributed by atoms with Crippen molar-refractivity contribution >= 4 is 34.4 Å². The van der Waals surface area contributed by atoms with Gasteiger partial charge in [-0.3, -0.25) is 4.79 Å². The number of aromatic nitrogens is 3. The number of aliphatic hydroxyl groups is 1. The Morgan fingerprint density at radius 1 is 1.12 bits per heavy atom. The topological polar surface area (TPSA) is 91.2 Å². The lowest BCUT2D eigenvalue weighted by atomic mass is 9.91. The molecule has 0 bridgehead atoms. The maximum absolute atomic E-state index is 14.6. The van der Waals surface area contributed by atoms with Gasteiger partial charge in [-0.05, 0) is 52.4 Å². The first-order valence-electron chi connectivity index (χ1n) is 9.54. The van der Waals surface area contributed by atoms with Gasteiger partial charge in [0.1, 0.15) is 24.1 Å². The van der Waals surface area contributed by atoms with Gasteiger partial charge >= 0.3 is 0 Å². The number of nitrogens with zero attached hydrogens (tertiary/aromatic N) is 4. The zero-order chi connectivity index (χ0) is 22.9. The summed E-state index contributed by atoms with van der Waals surface area (Å²) in [4.78, 5) is 25.8. The summed E-state index contributed by atoms with van der Waals surface area (Å²) in [7, 11) is 0. The van der Waals surface area contributed by atoms with Crippen LogP contribution < -0.4 is 5.32 Å². The van der Waals surface area contributed by atoms with Crippen molar-refractivity contribution in [1.29, 1.82) is 0 Å². The minimum Gasteiger partial charge on any atom is -0.384 e. The van der Waals surface area contributed by atoms with Gasteiger partial charge in [-0.2, -0.15) is 0 Å². The standard InChI is InChI=1S/C21H17F3IN5O2/c22-16-4-3-14(15(18(16)24)5-12-1-2-13(25)6-17(12)23)19(31)30-8-21(32,9-30)7-27-20-28-10-26-11-29-20/h1-4,6,10-11,32H,5,7-9H2,(H,26,27,28,29). The van der Waals surface area contributed by atoms with Crippen molar-refractivity contribution in [2.75, 3.05) is 25.0 Å². The average Bonchev–Trinajstić information content (AvgIpc) is 2.75. The molecule has 1 aliphatic rings. The highest BCUT2D eigenvalue weighted by molar-refractivity contribution is 14.1. The Morgan fingerprint density at radius 2 is 1.84 bits per heavy atom. The fourth-order valence-corrected chi connectivity index (χ4v) is 3.94. The summed E-state index contributed by atoms with van der Waals surface area (Å²) in [6.07, 6.45) is 2.32. The van der Waals surface area contributed by atoms with E-state index >= 15 is 0 Å². The minimum atomic E-state index is -1.23. The highest BCUT2D eigenvalue weighted by Crippen LogP contribution is 2.28. The van der Waals surface area contributed by atoms with E-state index in [1.54, 1.807) is 6.07 Å². The number of halogens is 4. The molecule has 0 saturated carbocycles. The van der Waals surface area contributed by atoms with E-state index in [0.717, 1.165) is 6.07 Å². The molecule has 166 valence electrons. The lowest BCUT2D eigenvalue weighted by Crippen LogP contribution is -2.66. The SMILES string of the molecule is O=C(c1ccc(F)c(F)c1Cc1ccc(I)cc1F)N1CC(O)(CNc2ncncn2)C1. The number of rotatable bonds is 6. The second-order valence-corrected chi connectivity index (χ2v) is 8.75. The van der Waals surface area contributed by atoms with Crippen LogP contribution in [0.5, 0.6) is 0 Å². The van der Waals surface area contributed by atoms with Crippen LogP contribution in [-0.4, -0.2) is 56.1 Å². The molecule has 0 unspecified atom stereocenters. The van der Waals surface area contributed by atoms with E-state index in [1.807, 2.05) is 22.6 Å². The molecule has 3 aromatic rings. The van der Waals surface area contributed by atoms with Gasteiger partial charge in [0.25, 0.3) is 5.91 Å². The molecule has 2 aromatic carbocycles. The molecule has 32 heavy (non-hydrogen) atoms. The van der Waals surface area contributed by atoms with Crippen molar-refractivity contribution in [3.8, 4) is 0 Å². The minimum absolute atomic E-state index is 0.0275. The molecule has 0 radical (unpaired) electrons. The number of nitrogens with one attached hydrogen (secondary N) is 1. The van der Waals surface area contributed by atoms with Gasteiger partial charge in [0.05, 0.1) is 19.6 Å². The second-order valence-electron chi connectivity index (χ2n) is 7.50. The summed E-state index contributed by atoms with van der Waals surface area (Å²) >= 11 is 1.94. The molecule has 1 aromatic heterocycles. The van der Waals surface area contributed by atoms with Crippen molar-refractivity contribution in [3.05, 3.63) is 80.7 Å². The van der Waals surface area contributed by atoms with Crippen molar-refractivity contribution in [2.24, 2.45) is 0 Å². The van der Waals surface area contributed by atoms with Crippen molar-refractivity contribution in [1.82, 2.24) is 19.9 Å². The Bertz CT molecular complexity index is 1160. The molecule has 7 nitrogen and oxygen atoms in total. The van der Waals surface area contributed by atoms with Crippen molar-refractivity contribution < 1.29 is 23.1 Å². The van der Waals surface area contributed by atoms with Gasteiger partial charge in [-0.25, -0.2) is 28.1 Å². The van der Waals surface area contributed by atoms with Gasteiger partial charge in [0.15, 0.2) is 11.6 Å². The maximum atomic E-state index is 14.6. The Morgan fingerprint density at radius 3 is 2.53 bits per heavy atom. The molecule has 2 N–H and O–H groups in total. The number of hydrogen-bond donors (Lipinski definition) is 2. The smallest absolute Gasteiger partial charge is 0.254 e. The summed E-state index contributed by atoms with van der Waals surface area (Å²) in [5.74, 6) is -3.18. The molecule has 0 aliphatic carbocycles. The Kier molecular flexibility index (Phi) is 6.29. The normalized spacial score (nSPS) is 14.7. The molecular weight excluding hydrogens is 538 g/mol. The largest absolute Gasteiger partial charge is 0.384 e. The lowest BCUT2D eigenvalue weighted by molar-refractivity contribution is -0.0708. The van der Waals surface area contributed by atoms with Crippen LogP contribution in [0, 0.1) is 21.0 Å². The molecule has 1 saturated heterocycles. The van der Waals surface area contributed by atoms with Crippen LogP contribution in [0.15, 0.2) is 43.0 Å². The molecule has 1 amide bonds. The number of anilines is 1. The summed E-state index contributed by atoms with van der Waals surface area (Å²) < 4.78 is 43.5. The predicted molar refractivity (Wildman–Crippen MR) is 117 cm³/mol. The van der Waals surface area contributed by atoms with E-state index < -0.39 is 29.0 Å². The molecule has 0 atom stereocenters. The number of benzene rings is 2. The van der Waals surface area contributed by atoms with Crippen LogP contribution in [-0.2, 0) is 6.42 Å². The molecule has 1 fully saturated rings. The molecular formula is C21H17F3IN5O2. The van der Waals surface area contributed by atoms with Crippen LogP contribution in [0.3, 0.4) is 0 Å². The first kappa shape index (κ1) is 22.4. The summed E-state index contributed by atoms with van der Waals surface area (Å²) in [5.41, 5.74) is -1.39. The number of carbonyl (C=O) groups is 1. The van der Waals surface area contributed by atoms with E-state index in [-0.39, 0.29) is 48.7 Å². The summed E-state index contributed by atoms with van der Waals surface area (Å²) in [5, 5.41) is 13.4. The van der Waals surface area contributed by atoms with Gasteiger partial charge < -0.3 is 15.3 Å². The zero-order valence-electron chi connectivity index (χ0n) is 16.5. The highest BCUT2D eigenvalue weighted by atomic mass is 127. The Hall–Kier alpha value is -2.80. The number of likely N-dealkylation sites (tertiary alicyclic amines) is 1. The highest BCUT2D eigenvalue weighted by Gasteiger charge is 2.44. The fourth-order valence-electron chi connectivity index (χ4n) is 3.49. The zero-order valence-corrected chi connectivity index (χ0v) is 18.7. The van der Waals surface area contributed by atoms with Crippen LogP contribution in [0.4, 0.5) is 19.1 Å². The number of amides is 1. The quantitative estimate of drug-likeness (QED) is 0.455. The lowest BCUT2D eigenvalue weighted by Gasteiger charge is -2.46. The van der Waals surface area contributed by atoms with Crippen molar-refractivity contribution in [2.45, 2.75) is 12.0 Å². The van der Waals surface area contributed by atoms with Crippen LogP contribution in [0.2, 0.25) is 0 Å². The Balaban J connectivity index is 1.50. The van der Waals surface area contributed by atoms with E-state index in [1.165, 1.54) is 35.8 Å². The van der Waals surface area contributed by atoms with Crippen LogP contribution in [0.1, 0.15) is 21.5 Å². The third-order valence-corrected chi connectivity index (χ3v) is 5.81. The molecule has 0 spiro atoms. The van der Waals surface area contributed by atoms with E-state index in [0.29, 0.717) is 3.57 Å². The number of hydrogen-bond acceptors (Lipinski definition) is 6. The van der Waals surface area contributed by atoms with E-state index in [9.17, 15) is 23.1 Å². The summed E-state index contributed by atoms with van der Waals surface area (Å²) in [6, 6.07) is 6.45. The van der Waals surface area contributed by atoms with Crippen LogP contribution in [0.25, 0.3) is 0 Å². The molecule has 2 heterocycles. The molecule has 11 heteroatoms. The van der Waals surface area contributed by atoms with Crippen LogP contribution >= 0.6 is 22.6 Å². The van der Waals surface area contributed by atoms with Gasteiger partial charge in [0.2, 0.25) is 5.95 Å². The third-order valence-electron chi connectivity index (χ3n) is 5.14. The number of carbonyl (C=O) groups excluding carboxylic acids is 1. The van der Waals surface area contributed by atoms with Gasteiger partial charge in [-0.1, -0.05) is 6.07 Å². The fraction of sp³-hybridized carbons (Fsp3) is 0.238. The molecule has 4 rings (SSSR count). The average molecular weight is 555 g/mol. The third kappa shape index (κ3) is 4.67. The van der Waals surface area contributed by atoms with E-state index in [4.69, 9.17) is 0 Å². The summed E-state index contributed by atoms with van der Waals surface area (Å²) in [6.45, 7) is 0.0276. The van der Waals surface area contributed by atoms with Crippen molar-refractivity contribution in [3.63, 3.8) is 0 Å². The number of β-amino-alcohol motifs (C(OH)–C–C–N with tert-alkyl or cyclic N) is 1. The first-order valence-corrected chi connectivity index (χ1v) is 10.6. The first-order chi connectivity index (χ1) is 15.3. The van der Waals surface area contributed by atoms with E-state index in [2.05, 4.69) is 20.3 Å². The second kappa shape index (κ2) is 8.98. The maximum Gasteiger partial charge on any atom is 0.254 e. The van der Waals surface area contributed by atoms with Gasteiger partial charge in [-0.15, -0.1) is 0 Å². The monoisotopic (exact) mass is 555 g/mol. The molecule has 1 aliphatic heterocycles.